The average molecular weight is 311 g/mol. The normalized spacial score (nSPS) is 47.6. The third kappa shape index (κ3) is 1.42. The highest BCUT2D eigenvalue weighted by Gasteiger charge is 2.68. The zero-order valence-corrected chi connectivity index (χ0v) is 11.6. The summed E-state index contributed by atoms with van der Waals surface area (Å²) in [4.78, 5) is 11.8. The second kappa shape index (κ2) is 3.29. The predicted octanol–water partition coefficient (Wildman–Crippen LogP) is 1.64. The van der Waals surface area contributed by atoms with E-state index in [2.05, 4.69) is 15.9 Å². The minimum Gasteiger partial charge on any atom is -0.298 e. The van der Waals surface area contributed by atoms with Crippen molar-refractivity contribution in [3.63, 3.8) is 0 Å². The molecular formula is C10H15BrO4S. The largest absolute Gasteiger partial charge is 0.298 e. The quantitative estimate of drug-likeness (QED) is 0.622. The molecule has 0 heterocycles. The number of hydrogen-bond acceptors (Lipinski definition) is 3. The Hall–Kier alpha value is 0.0600. The molecule has 2 fully saturated rings. The van der Waals surface area contributed by atoms with Crippen molar-refractivity contribution in [2.24, 2.45) is 16.7 Å². The first kappa shape index (κ1) is 12.5. The standard InChI is InChI=1S/C10H15BrO4S/c1-9-4-3-6(7(11)8(9)12)10(9,2)5-16(13,14)15/h6-7H,3-5H2,1-2H3,(H,13,14,15)/t6-,7+,9-,10?/m0/s1. The zero-order chi connectivity index (χ0) is 12.4. The van der Waals surface area contributed by atoms with E-state index in [1.807, 2.05) is 6.92 Å². The van der Waals surface area contributed by atoms with Crippen LogP contribution in [-0.4, -0.2) is 29.3 Å². The molecule has 4 atom stereocenters. The fraction of sp³-hybridized carbons (Fsp3) is 0.900. The van der Waals surface area contributed by atoms with E-state index in [9.17, 15) is 13.2 Å². The molecule has 2 bridgehead atoms. The molecule has 16 heavy (non-hydrogen) atoms. The molecule has 1 unspecified atom stereocenters. The van der Waals surface area contributed by atoms with Crippen molar-refractivity contribution in [2.75, 3.05) is 5.75 Å². The number of carbonyl (C=O) groups excluding carboxylic acids is 1. The van der Waals surface area contributed by atoms with E-state index in [0.717, 1.165) is 6.42 Å². The van der Waals surface area contributed by atoms with Crippen molar-refractivity contribution in [1.29, 1.82) is 0 Å². The van der Waals surface area contributed by atoms with Crippen molar-refractivity contribution < 1.29 is 17.8 Å². The summed E-state index contributed by atoms with van der Waals surface area (Å²) in [5.74, 6) is -0.239. The number of hydrogen-bond donors (Lipinski definition) is 1. The lowest BCUT2D eigenvalue weighted by Gasteiger charge is -2.35. The Labute approximate surface area is 104 Å². The molecular weight excluding hydrogens is 296 g/mol. The summed E-state index contributed by atoms with van der Waals surface area (Å²) >= 11 is 3.35. The van der Waals surface area contributed by atoms with Crippen LogP contribution in [0.4, 0.5) is 0 Å². The van der Waals surface area contributed by atoms with Gasteiger partial charge in [0.05, 0.1) is 10.6 Å². The molecule has 4 nitrogen and oxygen atoms in total. The third-order valence-electron chi connectivity index (χ3n) is 4.66. The first-order valence-electron chi connectivity index (χ1n) is 5.25. The van der Waals surface area contributed by atoms with Gasteiger partial charge in [0.15, 0.2) is 5.78 Å². The highest BCUT2D eigenvalue weighted by Crippen LogP contribution is 2.65. The van der Waals surface area contributed by atoms with Gasteiger partial charge >= 0.3 is 0 Å². The third-order valence-corrected chi connectivity index (χ3v) is 6.68. The maximum absolute atomic E-state index is 12.1. The molecule has 2 saturated carbocycles. The molecule has 0 radical (unpaired) electrons. The minimum absolute atomic E-state index is 0.00641. The highest BCUT2D eigenvalue weighted by molar-refractivity contribution is 9.10. The van der Waals surface area contributed by atoms with Gasteiger partial charge in [0.1, 0.15) is 0 Å². The molecule has 0 spiro atoms. The van der Waals surface area contributed by atoms with Gasteiger partial charge in [-0.25, -0.2) is 0 Å². The van der Waals surface area contributed by atoms with Crippen LogP contribution in [0.5, 0.6) is 0 Å². The highest BCUT2D eigenvalue weighted by atomic mass is 79.9. The Morgan fingerprint density at radius 2 is 2.06 bits per heavy atom. The summed E-state index contributed by atoms with van der Waals surface area (Å²) in [6.07, 6.45) is 1.55. The average Bonchev–Trinajstić information content (AvgIpc) is 2.40. The van der Waals surface area contributed by atoms with Crippen molar-refractivity contribution in [3.8, 4) is 0 Å². The van der Waals surface area contributed by atoms with Crippen LogP contribution >= 0.6 is 15.9 Å². The molecule has 2 aliphatic rings. The molecule has 0 amide bonds. The van der Waals surface area contributed by atoms with Crippen LogP contribution in [0.15, 0.2) is 0 Å². The summed E-state index contributed by atoms with van der Waals surface area (Å²) in [6.45, 7) is 3.62. The molecule has 6 heteroatoms. The van der Waals surface area contributed by atoms with Crippen LogP contribution in [0.2, 0.25) is 0 Å². The van der Waals surface area contributed by atoms with Gasteiger partial charge in [0, 0.05) is 10.8 Å². The van der Waals surface area contributed by atoms with Crippen LogP contribution in [0.1, 0.15) is 26.7 Å². The molecule has 0 aliphatic heterocycles. The van der Waals surface area contributed by atoms with Gasteiger partial charge in [0.25, 0.3) is 10.1 Å². The Morgan fingerprint density at radius 1 is 1.50 bits per heavy atom. The van der Waals surface area contributed by atoms with E-state index in [0.29, 0.717) is 6.42 Å². The molecule has 0 aromatic carbocycles. The first-order chi connectivity index (χ1) is 7.12. The van der Waals surface area contributed by atoms with E-state index in [-0.39, 0.29) is 22.3 Å². The second-order valence-corrected chi connectivity index (χ2v) is 7.83. The Morgan fingerprint density at radius 3 is 2.44 bits per heavy atom. The molecule has 0 aromatic rings. The Kier molecular flexibility index (Phi) is 2.58. The number of carbonyl (C=O) groups is 1. The lowest BCUT2D eigenvalue weighted by Crippen LogP contribution is -2.40. The van der Waals surface area contributed by atoms with Crippen LogP contribution in [0.3, 0.4) is 0 Å². The number of Topliss-reactive ketones (excluding diaryl/α,β-unsaturated/α-hetero) is 1. The number of rotatable bonds is 2. The summed E-state index contributed by atoms with van der Waals surface area (Å²) in [5, 5.41) is 0. The lowest BCUT2D eigenvalue weighted by molar-refractivity contribution is -0.127. The number of alkyl halides is 1. The van der Waals surface area contributed by atoms with Gasteiger partial charge in [-0.2, -0.15) is 8.42 Å². The smallest absolute Gasteiger partial charge is 0.265 e. The number of fused-ring (bicyclic) bond motifs is 2. The number of ketones is 1. The monoisotopic (exact) mass is 310 g/mol. The van der Waals surface area contributed by atoms with Gasteiger partial charge in [-0.05, 0) is 18.8 Å². The van der Waals surface area contributed by atoms with Crippen molar-refractivity contribution in [3.05, 3.63) is 0 Å². The van der Waals surface area contributed by atoms with Gasteiger partial charge in [0.2, 0.25) is 0 Å². The fourth-order valence-corrected chi connectivity index (χ4v) is 6.11. The summed E-state index contributed by atoms with van der Waals surface area (Å²) in [5.41, 5.74) is -1.27. The zero-order valence-electron chi connectivity index (χ0n) is 9.23. The number of halogens is 1. The van der Waals surface area contributed by atoms with Crippen molar-refractivity contribution in [2.45, 2.75) is 31.5 Å². The summed E-state index contributed by atoms with van der Waals surface area (Å²) in [6, 6.07) is 0. The first-order valence-corrected chi connectivity index (χ1v) is 7.78. The van der Waals surface area contributed by atoms with Crippen LogP contribution in [0, 0.1) is 16.7 Å². The lowest BCUT2D eigenvalue weighted by atomic mass is 9.70. The Bertz CT molecular complexity index is 446. The minimum atomic E-state index is -4.05. The summed E-state index contributed by atoms with van der Waals surface area (Å²) in [7, 11) is -4.05. The second-order valence-electron chi connectivity index (χ2n) is 5.39. The molecule has 2 aliphatic carbocycles. The van der Waals surface area contributed by atoms with E-state index in [1.54, 1.807) is 6.92 Å². The van der Waals surface area contributed by atoms with Gasteiger partial charge in [-0.3, -0.25) is 9.35 Å². The summed E-state index contributed by atoms with van der Waals surface area (Å²) < 4.78 is 31.2. The van der Waals surface area contributed by atoms with Crippen LogP contribution in [-0.2, 0) is 14.9 Å². The predicted molar refractivity (Wildman–Crippen MR) is 63.1 cm³/mol. The molecule has 2 rings (SSSR count). The molecule has 0 aromatic heterocycles. The fourth-order valence-electron chi connectivity index (χ4n) is 3.46. The maximum Gasteiger partial charge on any atom is 0.265 e. The van der Waals surface area contributed by atoms with Gasteiger partial charge in [-0.15, -0.1) is 0 Å². The maximum atomic E-state index is 12.1. The van der Waals surface area contributed by atoms with Crippen LogP contribution in [0.25, 0.3) is 0 Å². The van der Waals surface area contributed by atoms with E-state index in [1.165, 1.54) is 0 Å². The molecule has 1 N–H and O–H groups in total. The van der Waals surface area contributed by atoms with Crippen LogP contribution < -0.4 is 0 Å². The molecule has 92 valence electrons. The van der Waals surface area contributed by atoms with E-state index >= 15 is 0 Å². The SMILES string of the molecule is CC1(CS(=O)(=O)O)[C@H]2CC[C@@]1(C)C(=O)[C@@H]2Br. The van der Waals surface area contributed by atoms with E-state index in [4.69, 9.17) is 4.55 Å². The van der Waals surface area contributed by atoms with Crippen molar-refractivity contribution in [1.82, 2.24) is 0 Å². The van der Waals surface area contributed by atoms with Crippen molar-refractivity contribution >= 4 is 31.8 Å². The van der Waals surface area contributed by atoms with Gasteiger partial charge < -0.3 is 0 Å². The van der Waals surface area contributed by atoms with Gasteiger partial charge in [-0.1, -0.05) is 29.8 Å². The van der Waals surface area contributed by atoms with E-state index < -0.39 is 20.9 Å². The Balaban J connectivity index is 2.47. The topological polar surface area (TPSA) is 71.4 Å². The molecule has 0 saturated heterocycles.